The fourth-order valence-electron chi connectivity index (χ4n) is 3.24. The number of nitrogens with one attached hydrogen (secondary N) is 1. The minimum absolute atomic E-state index is 0. The van der Waals surface area contributed by atoms with E-state index < -0.39 is 16.6 Å². The lowest BCUT2D eigenvalue weighted by Crippen LogP contribution is -2.47. The van der Waals surface area contributed by atoms with Gasteiger partial charge < -0.3 is 10.2 Å². The number of hydrogen-bond donors (Lipinski definition) is 1. The minimum Gasteiger partial charge on any atom is -0.338 e. The molecular formula is C14H17ClFN3O3. The number of amides is 1. The van der Waals surface area contributed by atoms with Crippen molar-refractivity contribution in [3.8, 4) is 0 Å². The Morgan fingerprint density at radius 1 is 1.41 bits per heavy atom. The second-order valence-electron chi connectivity index (χ2n) is 5.57. The van der Waals surface area contributed by atoms with E-state index in [1.165, 1.54) is 0 Å². The Kier molecular flexibility index (Phi) is 4.97. The van der Waals surface area contributed by atoms with Crippen LogP contribution in [0.2, 0.25) is 0 Å². The van der Waals surface area contributed by atoms with Crippen LogP contribution in [0.4, 0.5) is 10.1 Å². The van der Waals surface area contributed by atoms with Gasteiger partial charge >= 0.3 is 0 Å². The topological polar surface area (TPSA) is 75.5 Å². The zero-order valence-corrected chi connectivity index (χ0v) is 12.6. The van der Waals surface area contributed by atoms with Crippen molar-refractivity contribution < 1.29 is 14.1 Å². The van der Waals surface area contributed by atoms with Crippen molar-refractivity contribution in [3.05, 3.63) is 39.7 Å². The number of benzene rings is 1. The third-order valence-corrected chi connectivity index (χ3v) is 4.33. The molecule has 120 valence electrons. The highest BCUT2D eigenvalue weighted by Crippen LogP contribution is 2.28. The molecule has 1 aromatic rings. The van der Waals surface area contributed by atoms with Crippen LogP contribution in [0, 0.1) is 21.8 Å². The van der Waals surface area contributed by atoms with Crippen LogP contribution in [0.25, 0.3) is 0 Å². The smallest absolute Gasteiger partial charge is 0.282 e. The molecule has 3 rings (SSSR count). The Morgan fingerprint density at radius 2 is 2.18 bits per heavy atom. The summed E-state index contributed by atoms with van der Waals surface area (Å²) < 4.78 is 13.3. The number of halogens is 2. The van der Waals surface area contributed by atoms with Crippen molar-refractivity contribution in [2.75, 3.05) is 19.6 Å². The van der Waals surface area contributed by atoms with Crippen LogP contribution in [0.15, 0.2) is 18.2 Å². The Labute approximate surface area is 133 Å². The maximum Gasteiger partial charge on any atom is 0.282 e. The molecule has 0 saturated carbocycles. The monoisotopic (exact) mass is 329 g/mol. The minimum atomic E-state index is -0.642. The van der Waals surface area contributed by atoms with E-state index in [1.54, 1.807) is 4.90 Å². The lowest BCUT2D eigenvalue weighted by Gasteiger charge is -2.34. The van der Waals surface area contributed by atoms with Gasteiger partial charge in [0, 0.05) is 25.2 Å². The molecule has 22 heavy (non-hydrogen) atoms. The van der Waals surface area contributed by atoms with Gasteiger partial charge in [0.2, 0.25) is 0 Å². The van der Waals surface area contributed by atoms with Crippen LogP contribution in [-0.2, 0) is 0 Å². The fraction of sp³-hybridized carbons (Fsp3) is 0.500. The van der Waals surface area contributed by atoms with Crippen LogP contribution in [0.1, 0.15) is 23.2 Å². The molecule has 2 aliphatic heterocycles. The first-order chi connectivity index (χ1) is 10.1. The first-order valence-corrected chi connectivity index (χ1v) is 7.03. The van der Waals surface area contributed by atoms with Gasteiger partial charge in [-0.25, -0.2) is 4.39 Å². The molecule has 2 atom stereocenters. The zero-order valence-electron chi connectivity index (χ0n) is 11.8. The first kappa shape index (κ1) is 16.6. The van der Waals surface area contributed by atoms with Crippen LogP contribution in [-0.4, -0.2) is 41.4 Å². The summed E-state index contributed by atoms with van der Waals surface area (Å²) in [5, 5.41) is 14.4. The number of nitrogens with zero attached hydrogens (tertiary/aromatic N) is 2. The van der Waals surface area contributed by atoms with Gasteiger partial charge in [-0.15, -0.1) is 12.4 Å². The highest BCUT2D eigenvalue weighted by atomic mass is 35.5. The van der Waals surface area contributed by atoms with Crippen LogP contribution in [0.3, 0.4) is 0 Å². The number of nitro groups is 1. The Hall–Kier alpha value is -1.73. The van der Waals surface area contributed by atoms with Crippen LogP contribution in [0.5, 0.6) is 0 Å². The Morgan fingerprint density at radius 3 is 2.91 bits per heavy atom. The SMILES string of the molecule is Cl.O=C(c1cc(F)ccc1[N+](=O)[O-])N1CCC2NCCC2C1. The molecule has 1 amide bonds. The lowest BCUT2D eigenvalue weighted by atomic mass is 9.93. The lowest BCUT2D eigenvalue weighted by molar-refractivity contribution is -0.385. The summed E-state index contributed by atoms with van der Waals surface area (Å²) in [5.41, 5.74) is -0.502. The highest BCUT2D eigenvalue weighted by molar-refractivity contribution is 5.98. The van der Waals surface area contributed by atoms with Crippen LogP contribution < -0.4 is 5.32 Å². The second kappa shape index (κ2) is 6.58. The quantitative estimate of drug-likeness (QED) is 0.665. The molecule has 0 radical (unpaired) electrons. The summed E-state index contributed by atoms with van der Waals surface area (Å²) in [7, 11) is 0. The molecule has 2 heterocycles. The van der Waals surface area contributed by atoms with Crippen molar-refractivity contribution in [2.45, 2.75) is 18.9 Å². The molecule has 0 aliphatic carbocycles. The molecule has 0 aromatic heterocycles. The Bertz CT molecular complexity index is 599. The van der Waals surface area contributed by atoms with E-state index in [1.807, 2.05) is 0 Å². The summed E-state index contributed by atoms with van der Waals surface area (Å²) >= 11 is 0. The van der Waals surface area contributed by atoms with Gasteiger partial charge in [0.25, 0.3) is 11.6 Å². The molecule has 2 aliphatic rings. The van der Waals surface area contributed by atoms with E-state index in [0.29, 0.717) is 25.0 Å². The van der Waals surface area contributed by atoms with E-state index in [4.69, 9.17) is 0 Å². The van der Waals surface area contributed by atoms with Gasteiger partial charge in [-0.1, -0.05) is 0 Å². The van der Waals surface area contributed by atoms with Crippen molar-refractivity contribution >= 4 is 24.0 Å². The third-order valence-electron chi connectivity index (χ3n) is 4.33. The second-order valence-corrected chi connectivity index (χ2v) is 5.57. The van der Waals surface area contributed by atoms with E-state index in [0.717, 1.165) is 37.6 Å². The number of hydrogen-bond acceptors (Lipinski definition) is 4. The fourth-order valence-corrected chi connectivity index (χ4v) is 3.24. The van der Waals surface area contributed by atoms with Crippen molar-refractivity contribution in [1.82, 2.24) is 10.2 Å². The van der Waals surface area contributed by atoms with Crippen molar-refractivity contribution in [2.24, 2.45) is 5.92 Å². The summed E-state index contributed by atoms with van der Waals surface area (Å²) in [6.07, 6.45) is 1.83. The predicted octanol–water partition coefficient (Wildman–Crippen LogP) is 1.98. The van der Waals surface area contributed by atoms with Crippen molar-refractivity contribution in [3.63, 3.8) is 0 Å². The Balaban J connectivity index is 0.00000176. The van der Waals surface area contributed by atoms with Gasteiger partial charge in [-0.05, 0) is 37.4 Å². The molecule has 0 bridgehead atoms. The summed E-state index contributed by atoms with van der Waals surface area (Å²) in [4.78, 5) is 24.5. The summed E-state index contributed by atoms with van der Waals surface area (Å²) in [6.45, 7) is 2.06. The summed E-state index contributed by atoms with van der Waals surface area (Å²) in [6, 6.07) is 3.44. The number of rotatable bonds is 2. The largest absolute Gasteiger partial charge is 0.338 e. The average Bonchev–Trinajstić information content (AvgIpc) is 2.93. The molecule has 8 heteroatoms. The van der Waals surface area contributed by atoms with Gasteiger partial charge in [-0.2, -0.15) is 0 Å². The maximum atomic E-state index is 13.3. The maximum absolute atomic E-state index is 13.3. The number of nitro benzene ring substituents is 1. The van der Waals surface area contributed by atoms with E-state index >= 15 is 0 Å². The summed E-state index contributed by atoms with van der Waals surface area (Å²) in [5.74, 6) is -0.705. The normalized spacial score (nSPS) is 23.6. The molecule has 2 fully saturated rings. The molecule has 1 N–H and O–H groups in total. The molecule has 1 aromatic carbocycles. The van der Waals surface area contributed by atoms with Gasteiger partial charge in [0.1, 0.15) is 11.4 Å². The van der Waals surface area contributed by atoms with E-state index in [9.17, 15) is 19.3 Å². The number of carbonyl (C=O) groups excluding carboxylic acids is 1. The molecule has 2 unspecified atom stereocenters. The number of piperidine rings is 1. The zero-order chi connectivity index (χ0) is 15.0. The first-order valence-electron chi connectivity index (χ1n) is 7.03. The van der Waals surface area contributed by atoms with Gasteiger partial charge in [-0.3, -0.25) is 14.9 Å². The highest BCUT2D eigenvalue weighted by Gasteiger charge is 2.36. The predicted molar refractivity (Wildman–Crippen MR) is 80.7 cm³/mol. The molecule has 6 nitrogen and oxygen atoms in total. The van der Waals surface area contributed by atoms with Crippen molar-refractivity contribution in [1.29, 1.82) is 0 Å². The standard InChI is InChI=1S/C14H16FN3O3.ClH/c15-10-1-2-13(18(20)21)11(7-10)14(19)17-6-4-12-9(8-17)3-5-16-12;/h1-2,7,9,12,16H,3-6,8H2;1H. The van der Waals surface area contributed by atoms with Gasteiger partial charge in [0.15, 0.2) is 0 Å². The molecule has 0 spiro atoms. The van der Waals surface area contributed by atoms with E-state index in [-0.39, 0.29) is 23.7 Å². The van der Waals surface area contributed by atoms with E-state index in [2.05, 4.69) is 5.32 Å². The van der Waals surface area contributed by atoms with Gasteiger partial charge in [0.05, 0.1) is 4.92 Å². The average molecular weight is 330 g/mol. The number of carbonyl (C=O) groups is 1. The molecule has 2 saturated heterocycles. The number of fused-ring (bicyclic) bond motifs is 1. The third kappa shape index (κ3) is 3.05. The molecular weight excluding hydrogens is 313 g/mol. The van der Waals surface area contributed by atoms with Crippen LogP contribution >= 0.6 is 12.4 Å². The number of likely N-dealkylation sites (tertiary alicyclic amines) is 1.